The lowest BCUT2D eigenvalue weighted by atomic mass is 10.1. The third-order valence-electron chi connectivity index (χ3n) is 3.20. The number of aryl methyl sites for hydroxylation is 2. The van der Waals surface area contributed by atoms with Crippen molar-refractivity contribution < 1.29 is 0 Å². The average molecular weight is 275 g/mol. The predicted molar refractivity (Wildman–Crippen MR) is 84.4 cm³/mol. The maximum absolute atomic E-state index is 4.22. The van der Waals surface area contributed by atoms with Crippen molar-refractivity contribution in [1.29, 1.82) is 0 Å². The number of hydrogen-bond acceptors (Lipinski definition) is 4. The van der Waals surface area contributed by atoms with Crippen LogP contribution in [0.1, 0.15) is 28.3 Å². The molecule has 0 amide bonds. The molecule has 0 aliphatic rings. The van der Waals surface area contributed by atoms with Gasteiger partial charge in [0.15, 0.2) is 0 Å². The molecule has 0 saturated carbocycles. The van der Waals surface area contributed by atoms with Gasteiger partial charge in [0.05, 0.1) is 17.6 Å². The molecule has 2 aromatic heterocycles. The molecule has 4 heteroatoms. The van der Waals surface area contributed by atoms with Gasteiger partial charge in [0.25, 0.3) is 0 Å². The molecule has 2 heterocycles. The molecular formula is C15H21N3S. The van der Waals surface area contributed by atoms with Gasteiger partial charge in [0.1, 0.15) is 0 Å². The standard InChI is InChI=1S/C15H21N3S/c1-10-8-13(12(3)19-10)11(2)17-14-9-16-7-6-15(14)18(4)5/h6-9,11,17H,1-5H3. The summed E-state index contributed by atoms with van der Waals surface area (Å²) in [7, 11) is 4.09. The molecule has 0 aliphatic carbocycles. The van der Waals surface area contributed by atoms with E-state index in [4.69, 9.17) is 0 Å². The second-order valence-corrected chi connectivity index (χ2v) is 6.48. The van der Waals surface area contributed by atoms with Gasteiger partial charge in [0.2, 0.25) is 0 Å². The Hall–Kier alpha value is -1.55. The van der Waals surface area contributed by atoms with Crippen molar-refractivity contribution in [2.45, 2.75) is 26.8 Å². The summed E-state index contributed by atoms with van der Waals surface area (Å²) < 4.78 is 0. The molecule has 2 rings (SSSR count). The Labute approximate surface area is 119 Å². The number of aromatic nitrogens is 1. The molecule has 3 nitrogen and oxygen atoms in total. The fraction of sp³-hybridized carbons (Fsp3) is 0.400. The van der Waals surface area contributed by atoms with Crippen molar-refractivity contribution in [1.82, 2.24) is 4.98 Å². The molecule has 102 valence electrons. The van der Waals surface area contributed by atoms with Gasteiger partial charge in [-0.1, -0.05) is 0 Å². The fourth-order valence-electron chi connectivity index (χ4n) is 2.28. The van der Waals surface area contributed by atoms with E-state index in [1.54, 1.807) is 0 Å². The molecule has 1 N–H and O–H groups in total. The van der Waals surface area contributed by atoms with Gasteiger partial charge in [0, 0.05) is 36.1 Å². The molecule has 0 aliphatic heterocycles. The van der Waals surface area contributed by atoms with E-state index < -0.39 is 0 Å². The first-order valence-electron chi connectivity index (χ1n) is 6.44. The lowest BCUT2D eigenvalue weighted by Gasteiger charge is -2.21. The van der Waals surface area contributed by atoms with Crippen LogP contribution in [0.4, 0.5) is 11.4 Å². The Kier molecular flexibility index (Phi) is 4.10. The second kappa shape index (κ2) is 5.61. The Morgan fingerprint density at radius 3 is 2.63 bits per heavy atom. The van der Waals surface area contributed by atoms with Crippen molar-refractivity contribution in [3.63, 3.8) is 0 Å². The molecule has 0 aromatic carbocycles. The lowest BCUT2D eigenvalue weighted by Crippen LogP contribution is -2.14. The van der Waals surface area contributed by atoms with E-state index in [-0.39, 0.29) is 6.04 Å². The molecular weight excluding hydrogens is 254 g/mol. The summed E-state index contributed by atoms with van der Waals surface area (Å²) in [5, 5.41) is 3.56. The van der Waals surface area contributed by atoms with Crippen LogP contribution in [0, 0.1) is 13.8 Å². The van der Waals surface area contributed by atoms with Crippen LogP contribution < -0.4 is 10.2 Å². The Bertz CT molecular complexity index is 560. The van der Waals surface area contributed by atoms with E-state index in [1.807, 2.05) is 43.9 Å². The molecule has 0 fully saturated rings. The molecule has 0 saturated heterocycles. The molecule has 19 heavy (non-hydrogen) atoms. The number of rotatable bonds is 4. The van der Waals surface area contributed by atoms with Crippen molar-refractivity contribution in [2.24, 2.45) is 0 Å². The zero-order valence-corrected chi connectivity index (χ0v) is 13.0. The van der Waals surface area contributed by atoms with Gasteiger partial charge in [-0.05, 0) is 38.5 Å². The molecule has 0 bridgehead atoms. The highest BCUT2D eigenvalue weighted by Gasteiger charge is 2.13. The SMILES string of the molecule is Cc1cc(C(C)Nc2cnccc2N(C)C)c(C)s1. The van der Waals surface area contributed by atoms with Crippen molar-refractivity contribution in [3.05, 3.63) is 39.8 Å². The molecule has 0 spiro atoms. The van der Waals surface area contributed by atoms with E-state index in [1.165, 1.54) is 15.3 Å². The normalized spacial score (nSPS) is 12.3. The monoisotopic (exact) mass is 275 g/mol. The molecule has 2 aromatic rings. The minimum Gasteiger partial charge on any atom is -0.376 e. The lowest BCUT2D eigenvalue weighted by molar-refractivity contribution is 0.878. The van der Waals surface area contributed by atoms with Crippen molar-refractivity contribution in [3.8, 4) is 0 Å². The average Bonchev–Trinajstić information content (AvgIpc) is 2.69. The summed E-state index contributed by atoms with van der Waals surface area (Å²) in [4.78, 5) is 9.06. The van der Waals surface area contributed by atoms with Gasteiger partial charge >= 0.3 is 0 Å². The number of hydrogen-bond donors (Lipinski definition) is 1. The van der Waals surface area contributed by atoms with Crippen molar-refractivity contribution in [2.75, 3.05) is 24.3 Å². The summed E-state index contributed by atoms with van der Waals surface area (Å²) in [6.45, 7) is 6.53. The van der Waals surface area contributed by atoms with Crippen LogP contribution >= 0.6 is 11.3 Å². The first-order chi connectivity index (χ1) is 8.99. The maximum atomic E-state index is 4.22. The van der Waals surface area contributed by atoms with E-state index in [0.717, 1.165) is 11.4 Å². The number of nitrogens with one attached hydrogen (secondary N) is 1. The van der Waals surface area contributed by atoms with E-state index in [2.05, 4.69) is 42.0 Å². The van der Waals surface area contributed by atoms with E-state index >= 15 is 0 Å². The Morgan fingerprint density at radius 2 is 2.05 bits per heavy atom. The summed E-state index contributed by atoms with van der Waals surface area (Å²) >= 11 is 1.85. The van der Waals surface area contributed by atoms with Crippen LogP contribution in [0.15, 0.2) is 24.5 Å². The van der Waals surface area contributed by atoms with Crippen LogP contribution in [0.2, 0.25) is 0 Å². The smallest absolute Gasteiger partial charge is 0.0768 e. The highest BCUT2D eigenvalue weighted by Crippen LogP contribution is 2.31. The first-order valence-corrected chi connectivity index (χ1v) is 7.25. The van der Waals surface area contributed by atoms with Gasteiger partial charge < -0.3 is 10.2 Å². The first kappa shape index (κ1) is 13.9. The summed E-state index contributed by atoms with van der Waals surface area (Å²) in [6, 6.07) is 4.58. The van der Waals surface area contributed by atoms with Gasteiger partial charge in [-0.15, -0.1) is 11.3 Å². The summed E-state index contributed by atoms with van der Waals surface area (Å²) in [5.41, 5.74) is 3.60. The molecule has 1 atom stereocenters. The van der Waals surface area contributed by atoms with Gasteiger partial charge in [-0.3, -0.25) is 4.98 Å². The maximum Gasteiger partial charge on any atom is 0.0768 e. The van der Waals surface area contributed by atoms with E-state index in [9.17, 15) is 0 Å². The van der Waals surface area contributed by atoms with Gasteiger partial charge in [-0.25, -0.2) is 0 Å². The number of pyridine rings is 1. The number of nitrogens with zero attached hydrogens (tertiary/aromatic N) is 2. The second-order valence-electron chi connectivity index (χ2n) is 5.02. The minimum atomic E-state index is 0.285. The van der Waals surface area contributed by atoms with Crippen LogP contribution in [0.5, 0.6) is 0 Å². The van der Waals surface area contributed by atoms with Crippen LogP contribution in [0.25, 0.3) is 0 Å². The highest BCUT2D eigenvalue weighted by atomic mass is 32.1. The quantitative estimate of drug-likeness (QED) is 0.914. The van der Waals surface area contributed by atoms with E-state index in [0.29, 0.717) is 0 Å². The van der Waals surface area contributed by atoms with Crippen LogP contribution in [-0.2, 0) is 0 Å². The molecule has 1 unspecified atom stereocenters. The van der Waals surface area contributed by atoms with Crippen molar-refractivity contribution >= 4 is 22.7 Å². The zero-order chi connectivity index (χ0) is 14.0. The zero-order valence-electron chi connectivity index (χ0n) is 12.2. The third-order valence-corrected chi connectivity index (χ3v) is 4.18. The fourth-order valence-corrected chi connectivity index (χ4v) is 3.30. The van der Waals surface area contributed by atoms with Crippen LogP contribution in [0.3, 0.4) is 0 Å². The third kappa shape index (κ3) is 3.07. The Balaban J connectivity index is 2.24. The summed E-state index contributed by atoms with van der Waals surface area (Å²) in [6.07, 6.45) is 3.71. The topological polar surface area (TPSA) is 28.2 Å². The summed E-state index contributed by atoms with van der Waals surface area (Å²) in [5.74, 6) is 0. The minimum absolute atomic E-state index is 0.285. The van der Waals surface area contributed by atoms with Crippen LogP contribution in [-0.4, -0.2) is 19.1 Å². The predicted octanol–water partition coefficient (Wildman–Crippen LogP) is 4.00. The largest absolute Gasteiger partial charge is 0.376 e. The Morgan fingerprint density at radius 1 is 1.32 bits per heavy atom. The highest BCUT2D eigenvalue weighted by molar-refractivity contribution is 7.12. The number of thiophene rings is 1. The van der Waals surface area contributed by atoms with Gasteiger partial charge in [-0.2, -0.15) is 0 Å². The number of anilines is 2. The molecule has 0 radical (unpaired) electrons.